The molecule has 0 aliphatic heterocycles. The fourth-order valence-electron chi connectivity index (χ4n) is 1.52. The number of benzene rings is 1. The normalized spacial score (nSPS) is 12.7. The zero-order valence-corrected chi connectivity index (χ0v) is 11.7. The highest BCUT2D eigenvalue weighted by Crippen LogP contribution is 2.32. The Labute approximate surface area is 119 Å². The largest absolute Gasteiger partial charge is 0.387 e. The molecule has 5 heteroatoms. The maximum Gasteiger partial charge on any atom is 0.0932 e. The van der Waals surface area contributed by atoms with Crippen LogP contribution in [0, 0.1) is 0 Å². The predicted octanol–water partition coefficient (Wildman–Crippen LogP) is 4.98. The Kier molecular flexibility index (Phi) is 4.34. The lowest BCUT2D eigenvalue weighted by Gasteiger charge is -2.10. The van der Waals surface area contributed by atoms with Gasteiger partial charge in [0.1, 0.15) is 0 Å². The number of halogens is 3. The Balaban J connectivity index is 2.18. The van der Waals surface area contributed by atoms with Gasteiger partial charge in [0.25, 0.3) is 0 Å². The minimum atomic E-state index is -0.608. The zero-order chi connectivity index (χ0) is 12.4. The van der Waals surface area contributed by atoms with E-state index in [1.165, 1.54) is 11.3 Å². The molecule has 0 fully saturated rings. The van der Waals surface area contributed by atoms with Crippen LogP contribution >= 0.6 is 46.1 Å². The monoisotopic (exact) mass is 306 g/mol. The van der Waals surface area contributed by atoms with Crippen molar-refractivity contribution in [1.29, 1.82) is 0 Å². The van der Waals surface area contributed by atoms with Crippen molar-refractivity contribution in [2.45, 2.75) is 12.5 Å². The van der Waals surface area contributed by atoms with Crippen LogP contribution in [0.1, 0.15) is 16.5 Å². The van der Waals surface area contributed by atoms with Crippen LogP contribution in [-0.4, -0.2) is 5.11 Å². The third kappa shape index (κ3) is 3.15. The summed E-state index contributed by atoms with van der Waals surface area (Å²) in [7, 11) is 0. The number of thiophene rings is 1. The predicted molar refractivity (Wildman–Crippen MR) is 74.5 cm³/mol. The van der Waals surface area contributed by atoms with Crippen LogP contribution in [-0.2, 0) is 6.42 Å². The number of aliphatic hydroxyl groups is 1. The summed E-state index contributed by atoms with van der Waals surface area (Å²) in [4.78, 5) is 0.825. The fraction of sp³-hybridized carbons (Fsp3) is 0.167. The maximum atomic E-state index is 10.1. The van der Waals surface area contributed by atoms with E-state index in [2.05, 4.69) is 0 Å². The number of aliphatic hydroxyl groups excluding tert-OH is 1. The summed E-state index contributed by atoms with van der Waals surface area (Å²) < 4.78 is 0.663. The van der Waals surface area contributed by atoms with Gasteiger partial charge in [-0.15, -0.1) is 11.3 Å². The van der Waals surface area contributed by atoms with Crippen LogP contribution in [0.5, 0.6) is 0 Å². The van der Waals surface area contributed by atoms with Gasteiger partial charge < -0.3 is 5.11 Å². The Bertz CT molecular complexity index is 524. The van der Waals surface area contributed by atoms with E-state index in [0.29, 0.717) is 20.8 Å². The number of rotatable bonds is 3. The first-order chi connectivity index (χ1) is 8.08. The van der Waals surface area contributed by atoms with E-state index in [0.717, 1.165) is 10.4 Å². The molecular weight excluding hydrogens is 299 g/mol. The van der Waals surface area contributed by atoms with E-state index in [1.54, 1.807) is 12.1 Å². The molecule has 0 amide bonds. The first kappa shape index (κ1) is 13.2. The van der Waals surface area contributed by atoms with E-state index >= 15 is 0 Å². The first-order valence-electron chi connectivity index (χ1n) is 4.94. The molecule has 1 unspecified atom stereocenters. The Morgan fingerprint density at radius 1 is 1.12 bits per heavy atom. The van der Waals surface area contributed by atoms with Gasteiger partial charge in [-0.3, -0.25) is 0 Å². The molecule has 17 heavy (non-hydrogen) atoms. The Hall–Kier alpha value is -0.250. The third-order valence-electron chi connectivity index (χ3n) is 2.37. The second kappa shape index (κ2) is 5.59. The van der Waals surface area contributed by atoms with E-state index in [4.69, 9.17) is 34.8 Å². The first-order valence-corrected chi connectivity index (χ1v) is 6.89. The van der Waals surface area contributed by atoms with Crippen molar-refractivity contribution < 1.29 is 5.11 Å². The third-order valence-corrected chi connectivity index (χ3v) is 4.56. The molecule has 90 valence electrons. The number of hydrogen-bond donors (Lipinski definition) is 1. The maximum absolute atomic E-state index is 10.1. The highest BCUT2D eigenvalue weighted by molar-refractivity contribution is 7.16. The SMILES string of the molecule is OC(Cc1cccc(Cl)c1Cl)c1ccc(Cl)s1. The average Bonchev–Trinajstić information content (AvgIpc) is 2.72. The van der Waals surface area contributed by atoms with Crippen LogP contribution in [0.2, 0.25) is 14.4 Å². The lowest BCUT2D eigenvalue weighted by molar-refractivity contribution is 0.182. The second-order valence-electron chi connectivity index (χ2n) is 3.57. The molecule has 1 nitrogen and oxygen atoms in total. The van der Waals surface area contributed by atoms with Crippen LogP contribution in [0.25, 0.3) is 0 Å². The van der Waals surface area contributed by atoms with Gasteiger partial charge in [-0.05, 0) is 23.8 Å². The van der Waals surface area contributed by atoms with Gasteiger partial charge in [-0.2, -0.15) is 0 Å². The summed E-state index contributed by atoms with van der Waals surface area (Å²) in [6.45, 7) is 0. The molecule has 0 saturated heterocycles. The molecule has 0 radical (unpaired) electrons. The fourth-order valence-corrected chi connectivity index (χ4v) is 2.97. The van der Waals surface area contributed by atoms with Crippen LogP contribution in [0.15, 0.2) is 30.3 Å². The number of hydrogen-bond acceptors (Lipinski definition) is 2. The van der Waals surface area contributed by atoms with Crippen molar-refractivity contribution >= 4 is 46.1 Å². The van der Waals surface area contributed by atoms with Gasteiger partial charge in [-0.25, -0.2) is 0 Å². The molecule has 0 bridgehead atoms. The standard InChI is InChI=1S/C12H9Cl3OS/c13-8-3-1-2-7(12(8)15)6-9(16)10-4-5-11(14)17-10/h1-5,9,16H,6H2. The highest BCUT2D eigenvalue weighted by atomic mass is 35.5. The van der Waals surface area contributed by atoms with Gasteiger partial charge in [0.15, 0.2) is 0 Å². The molecule has 0 spiro atoms. The van der Waals surface area contributed by atoms with Gasteiger partial charge in [-0.1, -0.05) is 46.9 Å². The Morgan fingerprint density at radius 2 is 1.88 bits per heavy atom. The smallest absolute Gasteiger partial charge is 0.0932 e. The van der Waals surface area contributed by atoms with Crippen molar-refractivity contribution in [3.63, 3.8) is 0 Å². The van der Waals surface area contributed by atoms with Crippen molar-refractivity contribution in [2.24, 2.45) is 0 Å². The topological polar surface area (TPSA) is 20.2 Å². The molecule has 0 aliphatic carbocycles. The summed E-state index contributed by atoms with van der Waals surface area (Å²) in [5.74, 6) is 0. The van der Waals surface area contributed by atoms with Crippen molar-refractivity contribution in [3.05, 3.63) is 55.2 Å². The van der Waals surface area contributed by atoms with Crippen LogP contribution in [0.4, 0.5) is 0 Å². The molecule has 1 aromatic heterocycles. The van der Waals surface area contributed by atoms with Gasteiger partial charge in [0.05, 0.1) is 20.5 Å². The van der Waals surface area contributed by atoms with Crippen molar-refractivity contribution in [2.75, 3.05) is 0 Å². The average molecular weight is 308 g/mol. The molecule has 1 heterocycles. The summed E-state index contributed by atoms with van der Waals surface area (Å²) in [5, 5.41) is 11.0. The quantitative estimate of drug-likeness (QED) is 0.847. The lowest BCUT2D eigenvalue weighted by Crippen LogP contribution is -2.00. The molecule has 2 aromatic rings. The summed E-state index contributed by atoms with van der Waals surface area (Å²) in [5.41, 5.74) is 0.830. The summed E-state index contributed by atoms with van der Waals surface area (Å²) in [6.07, 6.45) is -0.181. The van der Waals surface area contributed by atoms with E-state index in [9.17, 15) is 5.11 Å². The van der Waals surface area contributed by atoms with Crippen LogP contribution < -0.4 is 0 Å². The Morgan fingerprint density at radius 3 is 2.53 bits per heavy atom. The molecule has 1 aromatic carbocycles. The molecule has 0 saturated carbocycles. The van der Waals surface area contributed by atoms with Gasteiger partial charge in [0, 0.05) is 11.3 Å². The van der Waals surface area contributed by atoms with E-state index < -0.39 is 6.10 Å². The van der Waals surface area contributed by atoms with Crippen molar-refractivity contribution in [3.8, 4) is 0 Å². The minimum absolute atomic E-state index is 0.427. The van der Waals surface area contributed by atoms with Gasteiger partial charge >= 0.3 is 0 Å². The summed E-state index contributed by atoms with van der Waals surface area (Å²) >= 11 is 19.2. The minimum Gasteiger partial charge on any atom is -0.387 e. The molecule has 1 N–H and O–H groups in total. The molecule has 0 aliphatic rings. The van der Waals surface area contributed by atoms with Crippen molar-refractivity contribution in [1.82, 2.24) is 0 Å². The van der Waals surface area contributed by atoms with E-state index in [-0.39, 0.29) is 0 Å². The zero-order valence-electron chi connectivity index (χ0n) is 8.66. The van der Waals surface area contributed by atoms with Gasteiger partial charge in [0.2, 0.25) is 0 Å². The molecule has 2 rings (SSSR count). The van der Waals surface area contributed by atoms with Crippen LogP contribution in [0.3, 0.4) is 0 Å². The molecular formula is C12H9Cl3OS. The highest BCUT2D eigenvalue weighted by Gasteiger charge is 2.14. The lowest BCUT2D eigenvalue weighted by atomic mass is 10.1. The van der Waals surface area contributed by atoms with E-state index in [1.807, 2.05) is 18.2 Å². The summed E-state index contributed by atoms with van der Waals surface area (Å²) in [6, 6.07) is 8.98. The second-order valence-corrected chi connectivity index (χ2v) is 6.11. The molecule has 1 atom stereocenters.